The smallest absolute Gasteiger partial charge is 0.287 e. The Kier molecular flexibility index (Phi) is 4.96. The molecule has 0 aliphatic heterocycles. The number of carbonyl (C=O) groups excluding carboxylic acids is 1. The van der Waals surface area contributed by atoms with Gasteiger partial charge >= 0.3 is 0 Å². The van der Waals surface area contributed by atoms with E-state index in [-0.39, 0.29) is 18.6 Å². The highest BCUT2D eigenvalue weighted by Crippen LogP contribution is 2.23. The summed E-state index contributed by atoms with van der Waals surface area (Å²) < 4.78 is 5.66. The number of benzene rings is 2. The molecule has 24 heavy (non-hydrogen) atoms. The van der Waals surface area contributed by atoms with Crippen molar-refractivity contribution >= 4 is 16.9 Å². The standard InChI is InChI=1S/C20H21NO3/c1-14-9-10-18-16(12-14)13-19(24-18)20(23)21-17(8-5-11-22)15-6-3-2-4-7-15/h2-4,6-7,9-10,12-13,17,22H,5,8,11H2,1H3,(H,21,23). The summed E-state index contributed by atoms with van der Waals surface area (Å²) >= 11 is 0. The highest BCUT2D eigenvalue weighted by molar-refractivity contribution is 5.96. The maximum absolute atomic E-state index is 12.6. The number of aliphatic hydroxyl groups is 1. The van der Waals surface area contributed by atoms with E-state index in [4.69, 9.17) is 9.52 Å². The molecule has 0 spiro atoms. The molecule has 4 heteroatoms. The molecule has 0 saturated heterocycles. The van der Waals surface area contributed by atoms with E-state index in [0.29, 0.717) is 24.2 Å². The van der Waals surface area contributed by atoms with E-state index in [0.717, 1.165) is 16.5 Å². The van der Waals surface area contributed by atoms with Crippen LogP contribution in [0.3, 0.4) is 0 Å². The number of nitrogens with one attached hydrogen (secondary N) is 1. The van der Waals surface area contributed by atoms with Crippen LogP contribution in [0, 0.1) is 6.92 Å². The van der Waals surface area contributed by atoms with Crippen LogP contribution in [0.2, 0.25) is 0 Å². The minimum atomic E-state index is -0.240. The largest absolute Gasteiger partial charge is 0.451 e. The number of fused-ring (bicyclic) bond motifs is 1. The third-order valence-corrected chi connectivity index (χ3v) is 4.05. The number of carbonyl (C=O) groups is 1. The Bertz CT molecular complexity index is 823. The second-order valence-corrected chi connectivity index (χ2v) is 5.95. The molecule has 4 nitrogen and oxygen atoms in total. The minimum Gasteiger partial charge on any atom is -0.451 e. The quantitative estimate of drug-likeness (QED) is 0.721. The Morgan fingerprint density at radius 2 is 1.96 bits per heavy atom. The van der Waals surface area contributed by atoms with Gasteiger partial charge in [0.2, 0.25) is 0 Å². The zero-order chi connectivity index (χ0) is 16.9. The molecule has 1 amide bonds. The second-order valence-electron chi connectivity index (χ2n) is 5.95. The van der Waals surface area contributed by atoms with Crippen LogP contribution >= 0.6 is 0 Å². The highest BCUT2D eigenvalue weighted by Gasteiger charge is 2.18. The molecular formula is C20H21NO3. The summed E-state index contributed by atoms with van der Waals surface area (Å²) in [5, 5.41) is 13.0. The van der Waals surface area contributed by atoms with Crippen LogP contribution in [0.1, 0.15) is 40.6 Å². The second kappa shape index (κ2) is 7.32. The number of hydrogen-bond donors (Lipinski definition) is 2. The average Bonchev–Trinajstić information content (AvgIpc) is 3.02. The molecule has 0 radical (unpaired) electrons. The first-order chi connectivity index (χ1) is 11.7. The van der Waals surface area contributed by atoms with Crippen molar-refractivity contribution in [1.82, 2.24) is 5.32 Å². The van der Waals surface area contributed by atoms with Crippen LogP contribution in [0.15, 0.2) is 59.0 Å². The van der Waals surface area contributed by atoms with Gasteiger partial charge in [-0.05, 0) is 43.5 Å². The molecule has 0 aliphatic carbocycles. The van der Waals surface area contributed by atoms with Crippen LogP contribution in [0.5, 0.6) is 0 Å². The average molecular weight is 323 g/mol. The van der Waals surface area contributed by atoms with Gasteiger partial charge in [0.15, 0.2) is 5.76 Å². The molecule has 1 aromatic heterocycles. The maximum atomic E-state index is 12.6. The van der Waals surface area contributed by atoms with Gasteiger partial charge in [-0.1, -0.05) is 42.0 Å². The third kappa shape index (κ3) is 3.66. The minimum absolute atomic E-state index is 0.100. The van der Waals surface area contributed by atoms with Crippen molar-refractivity contribution in [2.45, 2.75) is 25.8 Å². The summed E-state index contributed by atoms with van der Waals surface area (Å²) in [7, 11) is 0. The number of aliphatic hydroxyl groups excluding tert-OH is 1. The third-order valence-electron chi connectivity index (χ3n) is 4.05. The number of furan rings is 1. The Hall–Kier alpha value is -2.59. The van der Waals surface area contributed by atoms with Crippen LogP contribution < -0.4 is 5.32 Å². The van der Waals surface area contributed by atoms with Gasteiger partial charge < -0.3 is 14.8 Å². The maximum Gasteiger partial charge on any atom is 0.287 e. The van der Waals surface area contributed by atoms with E-state index in [1.807, 2.05) is 55.5 Å². The molecule has 124 valence electrons. The summed E-state index contributed by atoms with van der Waals surface area (Å²) in [4.78, 5) is 12.6. The fraction of sp³-hybridized carbons (Fsp3) is 0.250. The number of aryl methyl sites for hydroxylation is 1. The molecule has 0 fully saturated rings. The molecule has 1 atom stereocenters. The van der Waals surface area contributed by atoms with E-state index in [9.17, 15) is 4.79 Å². The van der Waals surface area contributed by atoms with Crippen LogP contribution in [-0.4, -0.2) is 17.6 Å². The van der Waals surface area contributed by atoms with Gasteiger partial charge in [-0.15, -0.1) is 0 Å². The van der Waals surface area contributed by atoms with Crippen molar-refractivity contribution in [3.63, 3.8) is 0 Å². The van der Waals surface area contributed by atoms with Gasteiger partial charge in [-0.25, -0.2) is 0 Å². The van der Waals surface area contributed by atoms with Crippen molar-refractivity contribution < 1.29 is 14.3 Å². The molecular weight excluding hydrogens is 302 g/mol. The number of hydrogen-bond acceptors (Lipinski definition) is 3. The normalized spacial score (nSPS) is 12.2. The van der Waals surface area contributed by atoms with Crippen molar-refractivity contribution in [2.75, 3.05) is 6.61 Å². The van der Waals surface area contributed by atoms with Gasteiger partial charge in [-0.3, -0.25) is 4.79 Å². The summed E-state index contributed by atoms with van der Waals surface area (Å²) in [5.41, 5.74) is 2.85. The number of amides is 1. The molecule has 0 bridgehead atoms. The van der Waals surface area contributed by atoms with Crippen molar-refractivity contribution in [3.05, 3.63) is 71.5 Å². The lowest BCUT2D eigenvalue weighted by atomic mass is 10.0. The molecule has 1 heterocycles. The zero-order valence-electron chi connectivity index (χ0n) is 13.7. The fourth-order valence-electron chi connectivity index (χ4n) is 2.81. The van der Waals surface area contributed by atoms with Gasteiger partial charge in [-0.2, -0.15) is 0 Å². The van der Waals surface area contributed by atoms with Crippen LogP contribution in [0.4, 0.5) is 0 Å². The molecule has 3 aromatic rings. The lowest BCUT2D eigenvalue weighted by Gasteiger charge is -2.18. The predicted molar refractivity (Wildman–Crippen MR) is 93.9 cm³/mol. The molecule has 0 aliphatic rings. The van der Waals surface area contributed by atoms with E-state index in [1.54, 1.807) is 6.07 Å². The topological polar surface area (TPSA) is 62.5 Å². The van der Waals surface area contributed by atoms with Crippen LogP contribution in [-0.2, 0) is 0 Å². The van der Waals surface area contributed by atoms with E-state index in [1.165, 1.54) is 0 Å². The lowest BCUT2D eigenvalue weighted by Crippen LogP contribution is -2.28. The van der Waals surface area contributed by atoms with Gasteiger partial charge in [0.25, 0.3) is 5.91 Å². The first-order valence-electron chi connectivity index (χ1n) is 8.14. The van der Waals surface area contributed by atoms with Crippen molar-refractivity contribution in [1.29, 1.82) is 0 Å². The van der Waals surface area contributed by atoms with E-state index in [2.05, 4.69) is 5.32 Å². The zero-order valence-corrected chi connectivity index (χ0v) is 13.7. The lowest BCUT2D eigenvalue weighted by molar-refractivity contribution is 0.0906. The summed E-state index contributed by atoms with van der Waals surface area (Å²) in [6.45, 7) is 2.11. The van der Waals surface area contributed by atoms with E-state index >= 15 is 0 Å². The Labute approximate surface area is 141 Å². The molecule has 2 aromatic carbocycles. The van der Waals surface area contributed by atoms with Gasteiger partial charge in [0.05, 0.1) is 6.04 Å². The molecule has 3 rings (SSSR count). The highest BCUT2D eigenvalue weighted by atomic mass is 16.3. The monoisotopic (exact) mass is 323 g/mol. The Balaban J connectivity index is 1.81. The Morgan fingerprint density at radius 3 is 2.71 bits per heavy atom. The molecule has 0 saturated carbocycles. The van der Waals surface area contributed by atoms with E-state index < -0.39 is 0 Å². The van der Waals surface area contributed by atoms with Crippen molar-refractivity contribution in [3.8, 4) is 0 Å². The van der Waals surface area contributed by atoms with Gasteiger partial charge in [0.1, 0.15) is 5.58 Å². The molecule has 1 unspecified atom stereocenters. The SMILES string of the molecule is Cc1ccc2oc(C(=O)NC(CCCO)c3ccccc3)cc2c1. The van der Waals surface area contributed by atoms with Crippen molar-refractivity contribution in [2.24, 2.45) is 0 Å². The first kappa shape index (κ1) is 16.3. The number of rotatable bonds is 6. The summed E-state index contributed by atoms with van der Waals surface area (Å²) in [6.07, 6.45) is 1.30. The fourth-order valence-corrected chi connectivity index (χ4v) is 2.81. The summed E-state index contributed by atoms with van der Waals surface area (Å²) in [5.74, 6) is 0.0659. The Morgan fingerprint density at radius 1 is 1.17 bits per heavy atom. The predicted octanol–water partition coefficient (Wildman–Crippen LogP) is 3.98. The summed E-state index contributed by atoms with van der Waals surface area (Å²) in [6, 6.07) is 17.2. The first-order valence-corrected chi connectivity index (χ1v) is 8.14. The van der Waals surface area contributed by atoms with Crippen LogP contribution in [0.25, 0.3) is 11.0 Å². The van der Waals surface area contributed by atoms with Gasteiger partial charge in [0, 0.05) is 12.0 Å². The molecule has 2 N–H and O–H groups in total.